The zero-order chi connectivity index (χ0) is 25.4. The smallest absolute Gasteiger partial charge is 0.326 e. The number of carbonyl (C=O) groups excluding carboxylic acids is 1. The zero-order valence-corrected chi connectivity index (χ0v) is 21.0. The van der Waals surface area contributed by atoms with E-state index in [-0.39, 0.29) is 18.9 Å². The summed E-state index contributed by atoms with van der Waals surface area (Å²) in [6, 6.07) is 13.2. The third kappa shape index (κ3) is 8.10. The van der Waals surface area contributed by atoms with E-state index in [0.29, 0.717) is 25.7 Å². The second kappa shape index (κ2) is 12.6. The number of nitrogens with zero attached hydrogens (tertiary/aromatic N) is 1. The van der Waals surface area contributed by atoms with Gasteiger partial charge in [0.1, 0.15) is 0 Å². The van der Waals surface area contributed by atoms with Gasteiger partial charge in [0.25, 0.3) is 5.91 Å². The van der Waals surface area contributed by atoms with E-state index in [4.69, 9.17) is 5.11 Å². The van der Waals surface area contributed by atoms with Gasteiger partial charge >= 0.3 is 11.9 Å². The van der Waals surface area contributed by atoms with E-state index >= 15 is 0 Å². The van der Waals surface area contributed by atoms with E-state index in [9.17, 15) is 23.5 Å². The molecule has 3 atom stereocenters. The predicted octanol–water partition coefficient (Wildman–Crippen LogP) is 5.34. The van der Waals surface area contributed by atoms with Crippen molar-refractivity contribution in [2.45, 2.75) is 82.8 Å². The molecule has 1 aliphatic heterocycles. The van der Waals surface area contributed by atoms with Crippen molar-refractivity contribution in [3.05, 3.63) is 57.8 Å². The fourth-order valence-corrected chi connectivity index (χ4v) is 5.80. The number of carbonyl (C=O) groups is 2. The van der Waals surface area contributed by atoms with Gasteiger partial charge in [0.05, 0.1) is 12.5 Å². The fraction of sp³-hybridized carbons (Fsp3) is 0.556. The lowest BCUT2D eigenvalue weighted by Gasteiger charge is -2.26. The van der Waals surface area contributed by atoms with E-state index < -0.39 is 36.4 Å². The molecule has 192 valence electrons. The van der Waals surface area contributed by atoms with Crippen LogP contribution in [0.4, 0.5) is 8.78 Å². The Kier molecular flexibility index (Phi) is 9.80. The number of aryl methyl sites for hydroxylation is 2. The molecule has 0 saturated carbocycles. The van der Waals surface area contributed by atoms with Gasteiger partial charge < -0.3 is 15.1 Å². The maximum atomic E-state index is 14.2. The summed E-state index contributed by atoms with van der Waals surface area (Å²) < 4.78 is 28.4. The Labute approximate surface area is 209 Å². The van der Waals surface area contributed by atoms with Gasteiger partial charge in [-0.2, -0.15) is 8.78 Å². The summed E-state index contributed by atoms with van der Waals surface area (Å²) in [5.41, 5.74) is 1.26. The first-order chi connectivity index (χ1) is 16.7. The lowest BCUT2D eigenvalue weighted by Crippen LogP contribution is -2.37. The number of carboxylic acids is 1. The highest BCUT2D eigenvalue weighted by molar-refractivity contribution is 7.12. The Morgan fingerprint density at radius 2 is 1.83 bits per heavy atom. The quantitative estimate of drug-likeness (QED) is 0.362. The lowest BCUT2D eigenvalue weighted by molar-refractivity contribution is -0.148. The summed E-state index contributed by atoms with van der Waals surface area (Å²) >= 11 is 1.40. The monoisotopic (exact) mass is 507 g/mol. The summed E-state index contributed by atoms with van der Waals surface area (Å²) in [6.07, 6.45) is 3.51. The van der Waals surface area contributed by atoms with Gasteiger partial charge in [0.15, 0.2) is 0 Å². The van der Waals surface area contributed by atoms with Crippen molar-refractivity contribution >= 4 is 23.2 Å². The number of likely N-dealkylation sites (tertiary alicyclic amines) is 1. The predicted molar refractivity (Wildman–Crippen MR) is 133 cm³/mol. The van der Waals surface area contributed by atoms with Crippen LogP contribution in [0.1, 0.15) is 60.8 Å². The maximum Gasteiger partial charge on any atom is 0.326 e. The van der Waals surface area contributed by atoms with Crippen LogP contribution in [0.5, 0.6) is 0 Å². The van der Waals surface area contributed by atoms with Crippen LogP contribution >= 0.6 is 11.3 Å². The van der Waals surface area contributed by atoms with Crippen LogP contribution in [-0.4, -0.2) is 51.6 Å². The van der Waals surface area contributed by atoms with Crippen molar-refractivity contribution in [1.82, 2.24) is 4.90 Å². The van der Waals surface area contributed by atoms with Crippen LogP contribution in [0.2, 0.25) is 0 Å². The molecule has 1 aromatic carbocycles. The number of hydrogen-bond donors (Lipinski definition) is 2. The molecule has 35 heavy (non-hydrogen) atoms. The van der Waals surface area contributed by atoms with E-state index in [1.807, 2.05) is 31.2 Å². The Morgan fingerprint density at radius 3 is 2.54 bits per heavy atom. The maximum absolute atomic E-state index is 14.2. The standard InChI is InChI=1S/C27H35F2NO4S/c1-19(7-5-10-20-8-3-2-4-9-20)24(31)15-12-21-18-27(28,29)26(34)30(21)16-6-11-22-13-14-23(35-22)17-25(32)33/h2-4,8-9,13-14,19,21,24,31H,5-7,10-12,15-18H2,1H3,(H,32,33)/t19-,21+,24-/m1/s1. The molecule has 0 unspecified atom stereocenters. The molecule has 0 radical (unpaired) electrons. The second-order valence-corrected chi connectivity index (χ2v) is 10.9. The van der Waals surface area contributed by atoms with Gasteiger partial charge in [-0.25, -0.2) is 0 Å². The van der Waals surface area contributed by atoms with Crippen LogP contribution in [-0.2, 0) is 28.9 Å². The van der Waals surface area contributed by atoms with E-state index in [0.717, 1.165) is 29.0 Å². The minimum Gasteiger partial charge on any atom is -0.481 e. The molecule has 3 rings (SSSR count). The van der Waals surface area contributed by atoms with Crippen LogP contribution in [0.3, 0.4) is 0 Å². The fourth-order valence-electron chi connectivity index (χ4n) is 4.75. The lowest BCUT2D eigenvalue weighted by atomic mass is 9.92. The number of alkyl halides is 2. The van der Waals surface area contributed by atoms with E-state index in [2.05, 4.69) is 12.1 Å². The minimum atomic E-state index is -3.35. The van der Waals surface area contributed by atoms with Crippen LogP contribution in [0.15, 0.2) is 42.5 Å². The van der Waals surface area contributed by atoms with Crippen molar-refractivity contribution in [3.8, 4) is 0 Å². The molecule has 1 amide bonds. The van der Waals surface area contributed by atoms with E-state index in [1.165, 1.54) is 21.8 Å². The molecule has 5 nitrogen and oxygen atoms in total. The van der Waals surface area contributed by atoms with Gasteiger partial charge in [0, 0.05) is 28.8 Å². The van der Waals surface area contributed by atoms with Crippen LogP contribution in [0, 0.1) is 5.92 Å². The summed E-state index contributed by atoms with van der Waals surface area (Å²) in [5, 5.41) is 19.5. The Morgan fingerprint density at radius 1 is 1.11 bits per heavy atom. The average Bonchev–Trinajstić information content (AvgIpc) is 3.34. The van der Waals surface area contributed by atoms with Crippen LogP contribution < -0.4 is 0 Å². The highest BCUT2D eigenvalue weighted by Gasteiger charge is 2.52. The first-order valence-corrected chi connectivity index (χ1v) is 13.2. The third-order valence-corrected chi connectivity index (χ3v) is 7.94. The molecule has 2 N–H and O–H groups in total. The van der Waals surface area contributed by atoms with Gasteiger partial charge in [-0.3, -0.25) is 9.59 Å². The van der Waals surface area contributed by atoms with E-state index in [1.54, 1.807) is 6.07 Å². The summed E-state index contributed by atoms with van der Waals surface area (Å²) in [5.74, 6) is -5.30. The molecule has 0 spiro atoms. The summed E-state index contributed by atoms with van der Waals surface area (Å²) in [4.78, 5) is 26.2. The molecule has 1 saturated heterocycles. The number of aliphatic hydroxyl groups excluding tert-OH is 1. The number of aliphatic carboxylic acids is 1. The molecule has 0 bridgehead atoms. The van der Waals surface area contributed by atoms with Gasteiger partial charge in [-0.1, -0.05) is 37.3 Å². The first kappa shape index (κ1) is 27.3. The third-order valence-electron chi connectivity index (χ3n) is 6.79. The van der Waals surface area contributed by atoms with Crippen LogP contribution in [0.25, 0.3) is 0 Å². The van der Waals surface area contributed by atoms with Crippen molar-refractivity contribution < 1.29 is 28.6 Å². The van der Waals surface area contributed by atoms with Crippen molar-refractivity contribution in [2.75, 3.05) is 6.54 Å². The topological polar surface area (TPSA) is 77.8 Å². The molecule has 1 fully saturated rings. The van der Waals surface area contributed by atoms with Crippen molar-refractivity contribution in [1.29, 1.82) is 0 Å². The van der Waals surface area contributed by atoms with Gasteiger partial charge in [-0.05, 0) is 68.6 Å². The normalized spacial score (nSPS) is 19.1. The number of aliphatic hydroxyl groups is 1. The molecule has 2 heterocycles. The van der Waals surface area contributed by atoms with Gasteiger partial charge in [-0.15, -0.1) is 11.3 Å². The molecule has 8 heteroatoms. The van der Waals surface area contributed by atoms with Gasteiger partial charge in [0.2, 0.25) is 0 Å². The molecule has 0 aliphatic carbocycles. The Balaban J connectivity index is 1.45. The molecule has 1 aliphatic rings. The zero-order valence-electron chi connectivity index (χ0n) is 20.2. The molecular weight excluding hydrogens is 472 g/mol. The number of halogens is 2. The number of rotatable bonds is 14. The summed E-state index contributed by atoms with van der Waals surface area (Å²) in [6.45, 7) is 2.22. The Bertz CT molecular complexity index is 965. The van der Waals surface area contributed by atoms with Crippen molar-refractivity contribution in [3.63, 3.8) is 0 Å². The molecule has 1 aromatic heterocycles. The molecular formula is C27H35F2NO4S. The number of thiophene rings is 1. The first-order valence-electron chi connectivity index (χ1n) is 12.4. The summed E-state index contributed by atoms with van der Waals surface area (Å²) in [7, 11) is 0. The Hall–Kier alpha value is -2.32. The highest BCUT2D eigenvalue weighted by Crippen LogP contribution is 2.36. The SMILES string of the molecule is C[C@H](CCCc1ccccc1)[C@H](O)CC[C@H]1CC(F)(F)C(=O)N1CCCc1ccc(CC(=O)O)s1. The number of amides is 1. The highest BCUT2D eigenvalue weighted by atomic mass is 32.1. The number of hydrogen-bond acceptors (Lipinski definition) is 4. The number of carboxylic acid groups (broad SMARTS) is 1. The van der Waals surface area contributed by atoms with Crippen molar-refractivity contribution in [2.24, 2.45) is 5.92 Å². The minimum absolute atomic E-state index is 0.0312. The average molecular weight is 508 g/mol. The second-order valence-electron chi connectivity index (χ2n) is 9.60. The largest absolute Gasteiger partial charge is 0.481 e. The number of benzene rings is 1. The molecule has 2 aromatic rings.